The molecular formula is C10H17N3OS. The lowest BCUT2D eigenvalue weighted by molar-refractivity contribution is -0.113. The van der Waals surface area contributed by atoms with Crippen molar-refractivity contribution in [1.82, 2.24) is 10.6 Å². The fraction of sp³-hybridized carbons (Fsp3) is 0.200. The molecule has 0 atom stereocenters. The molecule has 0 aliphatic carbocycles. The Morgan fingerprint density at radius 3 is 1.73 bits per heavy atom. The zero-order valence-electron chi connectivity index (χ0n) is 8.66. The average Bonchev–Trinajstić information content (AvgIpc) is 2.24. The first-order chi connectivity index (χ1) is 7.08. The second-order valence-corrected chi connectivity index (χ2v) is 2.68. The van der Waals surface area contributed by atoms with E-state index >= 15 is 0 Å². The van der Waals surface area contributed by atoms with E-state index in [1.807, 2.05) is 0 Å². The molecule has 0 aromatic heterocycles. The van der Waals surface area contributed by atoms with Crippen molar-refractivity contribution in [3.63, 3.8) is 0 Å². The molecule has 1 amide bonds. The van der Waals surface area contributed by atoms with Crippen molar-refractivity contribution >= 4 is 23.2 Å². The van der Waals surface area contributed by atoms with Crippen LogP contribution in [-0.4, -0.2) is 24.1 Å². The van der Waals surface area contributed by atoms with E-state index in [0.29, 0.717) is 18.2 Å². The topological polar surface area (TPSA) is 67.2 Å². The minimum atomic E-state index is -0.481. The molecule has 15 heavy (non-hydrogen) atoms. The summed E-state index contributed by atoms with van der Waals surface area (Å²) < 4.78 is 0. The molecule has 0 radical (unpaired) electrons. The van der Waals surface area contributed by atoms with Gasteiger partial charge in [-0.1, -0.05) is 18.7 Å². The molecule has 5 heteroatoms. The van der Waals surface area contributed by atoms with E-state index in [9.17, 15) is 4.79 Å². The Bertz CT molecular complexity index is 225. The fourth-order valence-electron chi connectivity index (χ4n) is 0.392. The molecule has 0 aliphatic heterocycles. The number of amides is 1. The van der Waals surface area contributed by atoms with Gasteiger partial charge in [-0.05, 0) is 18.3 Å². The lowest BCUT2D eigenvalue weighted by atomic mass is 10.6. The quantitative estimate of drug-likeness (QED) is 0.363. The number of carbonyl (C=O) groups excluding carboxylic acids is 1. The van der Waals surface area contributed by atoms with Crippen LogP contribution in [0.4, 0.5) is 0 Å². The normalized spacial score (nSPS) is 7.47. The van der Waals surface area contributed by atoms with Crippen molar-refractivity contribution < 1.29 is 4.79 Å². The molecule has 84 valence electrons. The highest BCUT2D eigenvalue weighted by Gasteiger charge is 1.86. The minimum Gasteiger partial charge on any atom is -0.366 e. The van der Waals surface area contributed by atoms with Gasteiger partial charge in [0.15, 0.2) is 5.11 Å². The van der Waals surface area contributed by atoms with Gasteiger partial charge in [-0.25, -0.2) is 0 Å². The Balaban J connectivity index is 0. The standard InChI is InChI=1S/C7H12N2S.C3H5NO/c1-3-5-8-7(10)9-6-4-2;1-2-3(4)5/h3-4H,1-2,5-6H2,(H2,8,9,10);2H,1H2,(H2,4,5). The number of thiocarbonyl (C=S) groups is 1. The molecule has 0 unspecified atom stereocenters. The molecule has 0 fully saturated rings. The molecule has 0 saturated carbocycles. The van der Waals surface area contributed by atoms with Crippen molar-refractivity contribution in [2.24, 2.45) is 5.73 Å². The Morgan fingerprint density at radius 1 is 1.20 bits per heavy atom. The van der Waals surface area contributed by atoms with E-state index < -0.39 is 5.91 Å². The molecule has 0 aromatic carbocycles. The van der Waals surface area contributed by atoms with Gasteiger partial charge in [0.25, 0.3) is 0 Å². The summed E-state index contributed by atoms with van der Waals surface area (Å²) >= 11 is 4.87. The summed E-state index contributed by atoms with van der Waals surface area (Å²) in [6.07, 6.45) is 4.56. The summed E-state index contributed by atoms with van der Waals surface area (Å²) in [5, 5.41) is 6.48. The van der Waals surface area contributed by atoms with Gasteiger partial charge in [0.1, 0.15) is 0 Å². The van der Waals surface area contributed by atoms with Crippen molar-refractivity contribution in [3.05, 3.63) is 38.0 Å². The summed E-state index contributed by atoms with van der Waals surface area (Å²) in [5.74, 6) is -0.481. The molecule has 0 bridgehead atoms. The lowest BCUT2D eigenvalue weighted by Crippen LogP contribution is -2.35. The van der Waals surface area contributed by atoms with Gasteiger partial charge in [-0.3, -0.25) is 4.79 Å². The SMILES string of the molecule is C=CC(N)=O.C=CCNC(=S)NCC=C. The molecule has 0 rings (SSSR count). The molecule has 0 heterocycles. The molecule has 0 saturated heterocycles. The number of hydrogen-bond donors (Lipinski definition) is 3. The van der Waals surface area contributed by atoms with E-state index in [-0.39, 0.29) is 0 Å². The highest BCUT2D eigenvalue weighted by molar-refractivity contribution is 7.80. The third-order valence-corrected chi connectivity index (χ3v) is 1.30. The van der Waals surface area contributed by atoms with Crippen LogP contribution in [0.3, 0.4) is 0 Å². The largest absolute Gasteiger partial charge is 0.366 e. The second-order valence-electron chi connectivity index (χ2n) is 2.27. The van der Waals surface area contributed by atoms with Crippen molar-refractivity contribution in [3.8, 4) is 0 Å². The zero-order chi connectivity index (χ0) is 12.1. The maximum absolute atomic E-state index is 9.47. The maximum atomic E-state index is 9.47. The molecule has 0 spiro atoms. The predicted molar refractivity (Wildman–Crippen MR) is 68.4 cm³/mol. The predicted octanol–water partition coefficient (Wildman–Crippen LogP) is 0.480. The van der Waals surface area contributed by atoms with Crippen LogP contribution in [0, 0.1) is 0 Å². The lowest BCUT2D eigenvalue weighted by Gasteiger charge is -2.04. The highest BCUT2D eigenvalue weighted by Crippen LogP contribution is 1.67. The van der Waals surface area contributed by atoms with Crippen LogP contribution >= 0.6 is 12.2 Å². The molecule has 0 aromatic rings. The summed E-state index contributed by atoms with van der Waals surface area (Å²) in [6.45, 7) is 11.6. The minimum absolute atomic E-state index is 0.481. The van der Waals surface area contributed by atoms with Gasteiger partial charge in [-0.15, -0.1) is 13.2 Å². The molecule has 4 N–H and O–H groups in total. The van der Waals surface area contributed by atoms with Crippen LogP contribution in [0.5, 0.6) is 0 Å². The van der Waals surface area contributed by atoms with Crippen LogP contribution in [-0.2, 0) is 4.79 Å². The van der Waals surface area contributed by atoms with Crippen LogP contribution in [0.1, 0.15) is 0 Å². The fourth-order valence-corrected chi connectivity index (χ4v) is 0.559. The Kier molecular flexibility index (Phi) is 13.1. The van der Waals surface area contributed by atoms with Gasteiger partial charge in [-0.2, -0.15) is 0 Å². The van der Waals surface area contributed by atoms with Gasteiger partial charge >= 0.3 is 0 Å². The third-order valence-electron chi connectivity index (χ3n) is 1.02. The molecule has 0 aliphatic rings. The average molecular weight is 227 g/mol. The highest BCUT2D eigenvalue weighted by atomic mass is 32.1. The number of carbonyl (C=O) groups is 1. The second kappa shape index (κ2) is 12.4. The maximum Gasteiger partial charge on any atom is 0.240 e. The first-order valence-corrected chi connectivity index (χ1v) is 4.64. The Morgan fingerprint density at radius 2 is 1.53 bits per heavy atom. The number of rotatable bonds is 5. The van der Waals surface area contributed by atoms with Crippen LogP contribution in [0.15, 0.2) is 38.0 Å². The van der Waals surface area contributed by atoms with E-state index in [2.05, 4.69) is 36.1 Å². The van der Waals surface area contributed by atoms with E-state index in [1.54, 1.807) is 12.2 Å². The number of nitrogens with two attached hydrogens (primary N) is 1. The molecule has 4 nitrogen and oxygen atoms in total. The van der Waals surface area contributed by atoms with Crippen molar-refractivity contribution in [1.29, 1.82) is 0 Å². The smallest absolute Gasteiger partial charge is 0.240 e. The van der Waals surface area contributed by atoms with Gasteiger partial charge in [0, 0.05) is 13.1 Å². The first-order valence-electron chi connectivity index (χ1n) is 4.23. The summed E-state index contributed by atoms with van der Waals surface area (Å²) in [4.78, 5) is 9.47. The first kappa shape index (κ1) is 15.8. The Labute approximate surface area is 95.9 Å². The van der Waals surface area contributed by atoms with Gasteiger partial charge in [0.05, 0.1) is 0 Å². The van der Waals surface area contributed by atoms with E-state index in [1.165, 1.54) is 0 Å². The van der Waals surface area contributed by atoms with Crippen molar-refractivity contribution in [2.75, 3.05) is 13.1 Å². The van der Waals surface area contributed by atoms with Gasteiger partial charge < -0.3 is 16.4 Å². The number of primary amides is 1. The summed E-state index contributed by atoms with van der Waals surface area (Å²) in [5.41, 5.74) is 4.53. The third kappa shape index (κ3) is 19.0. The number of nitrogens with one attached hydrogen (secondary N) is 2. The number of hydrogen-bond acceptors (Lipinski definition) is 2. The van der Waals surface area contributed by atoms with E-state index in [0.717, 1.165) is 6.08 Å². The van der Waals surface area contributed by atoms with Crippen LogP contribution in [0.25, 0.3) is 0 Å². The zero-order valence-corrected chi connectivity index (χ0v) is 9.48. The summed E-state index contributed by atoms with van der Waals surface area (Å²) in [7, 11) is 0. The Hall–Kier alpha value is -1.62. The van der Waals surface area contributed by atoms with E-state index in [4.69, 9.17) is 12.2 Å². The van der Waals surface area contributed by atoms with Gasteiger partial charge in [0.2, 0.25) is 5.91 Å². The summed E-state index contributed by atoms with van der Waals surface area (Å²) in [6, 6.07) is 0. The van der Waals surface area contributed by atoms with Crippen molar-refractivity contribution in [2.45, 2.75) is 0 Å². The van der Waals surface area contributed by atoms with Crippen LogP contribution in [0.2, 0.25) is 0 Å². The van der Waals surface area contributed by atoms with Crippen LogP contribution < -0.4 is 16.4 Å². The monoisotopic (exact) mass is 227 g/mol. The molecular weight excluding hydrogens is 210 g/mol.